The number of nitriles is 1. The molecule has 0 saturated heterocycles. The summed E-state index contributed by atoms with van der Waals surface area (Å²) in [5.74, 6) is 1.33. The van der Waals surface area contributed by atoms with Crippen molar-refractivity contribution in [2.75, 3.05) is 20.0 Å². The predicted molar refractivity (Wildman–Crippen MR) is 102 cm³/mol. The van der Waals surface area contributed by atoms with Crippen molar-refractivity contribution in [1.82, 2.24) is 4.98 Å². The van der Waals surface area contributed by atoms with Crippen LogP contribution in [0.3, 0.4) is 0 Å². The molecule has 2 aromatic carbocycles. The molecule has 0 atom stereocenters. The number of ether oxygens (including phenoxy) is 2. The Hall–Kier alpha value is -3.52. The van der Waals surface area contributed by atoms with E-state index in [1.165, 1.54) is 0 Å². The average Bonchev–Trinajstić information content (AvgIpc) is 2.67. The minimum absolute atomic E-state index is 0.199. The third-order valence-electron chi connectivity index (χ3n) is 4.25. The zero-order chi connectivity index (χ0) is 18.7. The first-order valence-electron chi connectivity index (χ1n) is 8.09. The van der Waals surface area contributed by atoms with Gasteiger partial charge in [-0.05, 0) is 18.6 Å². The molecule has 26 heavy (non-hydrogen) atoms. The number of hydrogen-bond donors (Lipinski definition) is 1. The number of hydrogen-bond acceptors (Lipinski definition) is 5. The molecular formula is C21H19N3O2. The van der Waals surface area contributed by atoms with Crippen molar-refractivity contribution in [3.05, 3.63) is 59.8 Å². The van der Waals surface area contributed by atoms with Crippen molar-refractivity contribution in [1.29, 1.82) is 5.26 Å². The Morgan fingerprint density at radius 2 is 1.69 bits per heavy atom. The van der Waals surface area contributed by atoms with Gasteiger partial charge in [0.1, 0.15) is 17.5 Å². The van der Waals surface area contributed by atoms with Crippen molar-refractivity contribution in [2.24, 2.45) is 0 Å². The highest BCUT2D eigenvalue weighted by atomic mass is 16.5. The van der Waals surface area contributed by atoms with E-state index >= 15 is 0 Å². The van der Waals surface area contributed by atoms with Gasteiger partial charge in [0.2, 0.25) is 0 Å². The number of aromatic nitrogens is 1. The Morgan fingerprint density at radius 1 is 0.962 bits per heavy atom. The Kier molecular flexibility index (Phi) is 4.76. The van der Waals surface area contributed by atoms with Gasteiger partial charge in [-0.3, -0.25) is 0 Å². The fraction of sp³-hybridized carbons (Fsp3) is 0.143. The van der Waals surface area contributed by atoms with Crippen LogP contribution in [-0.2, 0) is 0 Å². The molecule has 2 N–H and O–H groups in total. The average molecular weight is 345 g/mol. The first-order valence-corrected chi connectivity index (χ1v) is 8.09. The summed E-state index contributed by atoms with van der Waals surface area (Å²) < 4.78 is 11.0. The van der Waals surface area contributed by atoms with E-state index in [4.69, 9.17) is 15.2 Å². The van der Waals surface area contributed by atoms with Crippen molar-refractivity contribution < 1.29 is 9.47 Å². The van der Waals surface area contributed by atoms with Crippen LogP contribution in [0.4, 0.5) is 5.82 Å². The maximum absolute atomic E-state index is 9.77. The number of aryl methyl sites for hydroxylation is 1. The highest BCUT2D eigenvalue weighted by molar-refractivity contribution is 5.93. The van der Waals surface area contributed by atoms with Crippen LogP contribution in [-0.4, -0.2) is 19.2 Å². The Morgan fingerprint density at radius 3 is 2.31 bits per heavy atom. The third-order valence-corrected chi connectivity index (χ3v) is 4.25. The van der Waals surface area contributed by atoms with Crippen molar-refractivity contribution >= 4 is 5.82 Å². The van der Waals surface area contributed by atoms with Gasteiger partial charge < -0.3 is 15.2 Å². The largest absolute Gasteiger partial charge is 0.493 e. The Bertz CT molecular complexity index is 992. The number of nitrogens with zero attached hydrogens (tertiary/aromatic N) is 2. The molecule has 1 aromatic heterocycles. The van der Waals surface area contributed by atoms with E-state index in [2.05, 4.69) is 11.1 Å². The molecule has 1 heterocycles. The predicted octanol–water partition coefficient (Wildman–Crippen LogP) is 4.20. The second kappa shape index (κ2) is 7.16. The third kappa shape index (κ3) is 2.82. The summed E-state index contributed by atoms with van der Waals surface area (Å²) in [6.45, 7) is 1.88. The van der Waals surface area contributed by atoms with Gasteiger partial charge in [-0.2, -0.15) is 5.26 Å². The van der Waals surface area contributed by atoms with Gasteiger partial charge in [0.15, 0.2) is 11.5 Å². The highest BCUT2D eigenvalue weighted by Gasteiger charge is 2.23. The van der Waals surface area contributed by atoms with Gasteiger partial charge in [-0.25, -0.2) is 4.98 Å². The smallest absolute Gasteiger partial charge is 0.168 e. The molecule has 0 aliphatic carbocycles. The second-order valence-electron chi connectivity index (χ2n) is 5.73. The summed E-state index contributed by atoms with van der Waals surface area (Å²) >= 11 is 0. The number of rotatable bonds is 4. The molecule has 5 heteroatoms. The van der Waals surface area contributed by atoms with Crippen LogP contribution in [0.2, 0.25) is 0 Å². The van der Waals surface area contributed by atoms with Crippen LogP contribution in [0, 0.1) is 18.3 Å². The Labute approximate surface area is 152 Å². The van der Waals surface area contributed by atoms with E-state index in [0.29, 0.717) is 22.6 Å². The first-order chi connectivity index (χ1) is 12.6. The topological polar surface area (TPSA) is 81.2 Å². The van der Waals surface area contributed by atoms with E-state index in [9.17, 15) is 5.26 Å². The molecule has 3 aromatic rings. The minimum atomic E-state index is 0.199. The number of para-hydroxylation sites is 1. The van der Waals surface area contributed by atoms with E-state index in [0.717, 1.165) is 22.4 Å². The van der Waals surface area contributed by atoms with Crippen molar-refractivity contribution in [3.63, 3.8) is 0 Å². The summed E-state index contributed by atoms with van der Waals surface area (Å²) in [5, 5.41) is 9.77. The second-order valence-corrected chi connectivity index (χ2v) is 5.73. The van der Waals surface area contributed by atoms with Crippen LogP contribution in [0.1, 0.15) is 11.3 Å². The highest BCUT2D eigenvalue weighted by Crippen LogP contribution is 2.45. The Balaban J connectivity index is 2.47. The molecule has 0 saturated carbocycles. The van der Waals surface area contributed by atoms with Gasteiger partial charge in [-0.1, -0.05) is 42.5 Å². The van der Waals surface area contributed by atoms with Crippen LogP contribution in [0.15, 0.2) is 48.5 Å². The van der Waals surface area contributed by atoms with E-state index in [1.54, 1.807) is 14.2 Å². The molecule has 0 radical (unpaired) electrons. The normalized spacial score (nSPS) is 10.2. The van der Waals surface area contributed by atoms with Gasteiger partial charge in [-0.15, -0.1) is 0 Å². The SMILES string of the molecule is COc1cccc(-c2c(C#N)c(N)nc(C)c2-c2ccccc2)c1OC. The van der Waals surface area contributed by atoms with Crippen LogP contribution in [0.5, 0.6) is 11.5 Å². The number of nitrogen functional groups attached to an aromatic ring is 1. The van der Waals surface area contributed by atoms with E-state index in [-0.39, 0.29) is 5.82 Å². The van der Waals surface area contributed by atoms with Crippen LogP contribution in [0.25, 0.3) is 22.3 Å². The molecule has 0 spiro atoms. The fourth-order valence-electron chi connectivity index (χ4n) is 3.15. The summed E-state index contributed by atoms with van der Waals surface area (Å²) in [4.78, 5) is 4.39. The minimum Gasteiger partial charge on any atom is -0.493 e. The lowest BCUT2D eigenvalue weighted by Gasteiger charge is -2.19. The van der Waals surface area contributed by atoms with Gasteiger partial charge >= 0.3 is 0 Å². The standard InChI is InChI=1S/C21H19N3O2/c1-13-18(14-8-5-4-6-9-14)19(16(12-22)21(23)24-13)15-10-7-11-17(25-2)20(15)26-3/h4-11H,1-3H3,(H2,23,24). The lowest BCUT2D eigenvalue weighted by Crippen LogP contribution is -2.04. The van der Waals surface area contributed by atoms with Crippen LogP contribution < -0.4 is 15.2 Å². The van der Waals surface area contributed by atoms with Crippen molar-refractivity contribution in [2.45, 2.75) is 6.92 Å². The zero-order valence-electron chi connectivity index (χ0n) is 14.9. The monoisotopic (exact) mass is 345 g/mol. The lowest BCUT2D eigenvalue weighted by molar-refractivity contribution is 0.356. The molecule has 3 rings (SSSR count). The molecule has 0 amide bonds. The molecule has 5 nitrogen and oxygen atoms in total. The fourth-order valence-corrected chi connectivity index (χ4v) is 3.15. The number of benzene rings is 2. The number of anilines is 1. The summed E-state index contributed by atoms with van der Waals surface area (Å²) in [6, 6.07) is 17.6. The molecule has 0 fully saturated rings. The summed E-state index contributed by atoms with van der Waals surface area (Å²) in [6.07, 6.45) is 0. The summed E-state index contributed by atoms with van der Waals surface area (Å²) in [5.41, 5.74) is 10.4. The van der Waals surface area contributed by atoms with E-state index in [1.807, 2.05) is 55.5 Å². The number of pyridine rings is 1. The molecule has 0 bridgehead atoms. The quantitative estimate of drug-likeness (QED) is 0.766. The van der Waals surface area contributed by atoms with E-state index < -0.39 is 0 Å². The van der Waals surface area contributed by atoms with Crippen LogP contribution >= 0.6 is 0 Å². The maximum Gasteiger partial charge on any atom is 0.168 e. The summed E-state index contributed by atoms with van der Waals surface area (Å²) in [7, 11) is 3.16. The molecule has 0 aliphatic rings. The van der Waals surface area contributed by atoms with Gasteiger partial charge in [0.25, 0.3) is 0 Å². The number of nitrogens with two attached hydrogens (primary N) is 1. The lowest BCUT2D eigenvalue weighted by atomic mass is 9.89. The first kappa shape index (κ1) is 17.3. The van der Waals surface area contributed by atoms with Gasteiger partial charge in [0, 0.05) is 22.4 Å². The molecule has 130 valence electrons. The zero-order valence-corrected chi connectivity index (χ0v) is 14.9. The van der Waals surface area contributed by atoms with Gasteiger partial charge in [0.05, 0.1) is 14.2 Å². The number of methoxy groups -OCH3 is 2. The molecule has 0 aliphatic heterocycles. The molecule has 0 unspecified atom stereocenters. The molecular weight excluding hydrogens is 326 g/mol. The maximum atomic E-state index is 9.77. The van der Waals surface area contributed by atoms with Crippen molar-refractivity contribution in [3.8, 4) is 39.8 Å².